The van der Waals surface area contributed by atoms with Gasteiger partial charge in [0, 0.05) is 12.5 Å². The van der Waals surface area contributed by atoms with Gasteiger partial charge in [-0.15, -0.1) is 0 Å². The molecule has 0 fully saturated rings. The van der Waals surface area contributed by atoms with Gasteiger partial charge in [-0.3, -0.25) is 14.4 Å². The van der Waals surface area contributed by atoms with Gasteiger partial charge in [-0.25, -0.2) is 0 Å². The molecule has 0 aliphatic rings. The number of ether oxygens (including phenoxy) is 1. The van der Waals surface area contributed by atoms with E-state index in [1.165, 1.54) is 13.0 Å². The molecule has 0 aliphatic carbocycles. The summed E-state index contributed by atoms with van der Waals surface area (Å²) in [5.74, 6) is -1.23. The fourth-order valence-electron chi connectivity index (χ4n) is 2.55. The number of esters is 1. The monoisotopic (exact) mass is 354 g/mol. The Labute approximate surface area is 152 Å². The van der Waals surface area contributed by atoms with Crippen molar-refractivity contribution in [2.24, 2.45) is 5.73 Å². The van der Waals surface area contributed by atoms with Gasteiger partial charge in [0.25, 0.3) is 5.91 Å². The van der Waals surface area contributed by atoms with Crippen molar-refractivity contribution in [2.75, 3.05) is 0 Å². The lowest BCUT2D eigenvalue weighted by molar-refractivity contribution is -0.131. The number of carbonyl (C=O) groups excluding carboxylic acids is 3. The molecule has 0 saturated heterocycles. The summed E-state index contributed by atoms with van der Waals surface area (Å²) in [4.78, 5) is 35.0. The number of primary amides is 1. The van der Waals surface area contributed by atoms with Crippen LogP contribution >= 0.6 is 0 Å². The Bertz CT molecular complexity index is 774. The number of benzene rings is 2. The Morgan fingerprint density at radius 3 is 2.46 bits per heavy atom. The summed E-state index contributed by atoms with van der Waals surface area (Å²) in [7, 11) is 0. The number of nitrogens with two attached hydrogens (primary N) is 1. The van der Waals surface area contributed by atoms with E-state index < -0.39 is 23.8 Å². The van der Waals surface area contributed by atoms with Crippen molar-refractivity contribution < 1.29 is 19.1 Å². The van der Waals surface area contributed by atoms with Crippen LogP contribution in [0.1, 0.15) is 35.7 Å². The predicted molar refractivity (Wildman–Crippen MR) is 97.6 cm³/mol. The molecule has 0 spiro atoms. The third-order valence-corrected chi connectivity index (χ3v) is 3.81. The van der Waals surface area contributed by atoms with Gasteiger partial charge in [0.15, 0.2) is 0 Å². The second-order valence-corrected chi connectivity index (χ2v) is 5.93. The van der Waals surface area contributed by atoms with Gasteiger partial charge in [0.2, 0.25) is 5.91 Å². The topological polar surface area (TPSA) is 98.5 Å². The van der Waals surface area contributed by atoms with Crippen molar-refractivity contribution in [1.82, 2.24) is 5.32 Å². The summed E-state index contributed by atoms with van der Waals surface area (Å²) >= 11 is 0. The zero-order valence-electron chi connectivity index (χ0n) is 14.6. The highest BCUT2D eigenvalue weighted by atomic mass is 16.5. The van der Waals surface area contributed by atoms with Crippen molar-refractivity contribution in [3.63, 3.8) is 0 Å². The van der Waals surface area contributed by atoms with Crippen molar-refractivity contribution >= 4 is 17.8 Å². The van der Waals surface area contributed by atoms with Gasteiger partial charge in [-0.2, -0.15) is 0 Å². The third-order valence-electron chi connectivity index (χ3n) is 3.81. The molecule has 0 bridgehead atoms. The molecule has 1 atom stereocenters. The Morgan fingerprint density at radius 1 is 1.08 bits per heavy atom. The minimum absolute atomic E-state index is 0.268. The fraction of sp³-hybridized carbons (Fsp3) is 0.250. The van der Waals surface area contributed by atoms with Crippen LogP contribution in [0.25, 0.3) is 0 Å². The molecule has 26 heavy (non-hydrogen) atoms. The van der Waals surface area contributed by atoms with Gasteiger partial charge < -0.3 is 15.8 Å². The van der Waals surface area contributed by atoms with E-state index in [0.717, 1.165) is 12.0 Å². The van der Waals surface area contributed by atoms with Gasteiger partial charge in [0.05, 0.1) is 0 Å². The number of hydrogen-bond donors (Lipinski definition) is 2. The average molecular weight is 354 g/mol. The molecule has 0 radical (unpaired) electrons. The third kappa shape index (κ3) is 6.05. The average Bonchev–Trinajstić information content (AvgIpc) is 2.61. The molecule has 0 aromatic heterocycles. The first-order chi connectivity index (χ1) is 12.5. The lowest BCUT2D eigenvalue weighted by Gasteiger charge is -2.16. The summed E-state index contributed by atoms with van der Waals surface area (Å²) in [5, 5.41) is 2.65. The highest BCUT2D eigenvalue weighted by molar-refractivity contribution is 5.97. The molecule has 6 heteroatoms. The standard InChI is InChI=1S/C20H22N2O4/c1-14(23)26-17-11-6-10-16(13-17)20(25)22-18(19(21)24)12-5-9-15-7-3-2-4-8-15/h2-4,6-8,10-11,13,18H,5,9,12H2,1H3,(H2,21,24)(H,22,25)/t18-/m0/s1. The van der Waals surface area contributed by atoms with Gasteiger partial charge >= 0.3 is 5.97 Å². The Hall–Kier alpha value is -3.15. The number of aryl methyl sites for hydroxylation is 1. The van der Waals surface area contributed by atoms with E-state index in [-0.39, 0.29) is 11.3 Å². The number of rotatable bonds is 8. The smallest absolute Gasteiger partial charge is 0.308 e. The molecular weight excluding hydrogens is 332 g/mol. The summed E-state index contributed by atoms with van der Waals surface area (Å²) in [6.45, 7) is 1.28. The van der Waals surface area contributed by atoms with Gasteiger partial charge in [-0.1, -0.05) is 36.4 Å². The van der Waals surface area contributed by atoms with E-state index in [2.05, 4.69) is 5.32 Å². The second-order valence-electron chi connectivity index (χ2n) is 5.93. The molecule has 6 nitrogen and oxygen atoms in total. The lowest BCUT2D eigenvalue weighted by atomic mass is 10.0. The van der Waals surface area contributed by atoms with E-state index in [1.54, 1.807) is 18.2 Å². The molecule has 2 aromatic carbocycles. The summed E-state index contributed by atoms with van der Waals surface area (Å²) in [5.41, 5.74) is 6.87. The van der Waals surface area contributed by atoms with Crippen LogP contribution in [0.5, 0.6) is 5.75 Å². The molecule has 0 saturated carbocycles. The highest BCUT2D eigenvalue weighted by Crippen LogP contribution is 2.14. The van der Waals surface area contributed by atoms with E-state index in [1.807, 2.05) is 30.3 Å². The molecule has 2 amide bonds. The van der Waals surface area contributed by atoms with E-state index in [4.69, 9.17) is 10.5 Å². The normalized spacial score (nSPS) is 11.4. The molecular formula is C20H22N2O4. The van der Waals surface area contributed by atoms with Crippen molar-refractivity contribution in [1.29, 1.82) is 0 Å². The summed E-state index contributed by atoms with van der Waals surface area (Å²) in [6.07, 6.45) is 1.95. The Balaban J connectivity index is 1.95. The Morgan fingerprint density at radius 2 is 1.81 bits per heavy atom. The van der Waals surface area contributed by atoms with Crippen molar-refractivity contribution in [3.8, 4) is 5.75 Å². The van der Waals surface area contributed by atoms with Crippen LogP contribution in [-0.2, 0) is 16.0 Å². The quantitative estimate of drug-likeness (QED) is 0.561. The molecule has 2 aromatic rings. The molecule has 2 rings (SSSR count). The fourth-order valence-corrected chi connectivity index (χ4v) is 2.55. The first-order valence-electron chi connectivity index (χ1n) is 8.38. The van der Waals surface area contributed by atoms with Crippen LogP contribution in [0, 0.1) is 0 Å². The predicted octanol–water partition coefficient (Wildman–Crippen LogP) is 2.22. The molecule has 136 valence electrons. The second kappa shape index (κ2) is 9.36. The minimum Gasteiger partial charge on any atom is -0.427 e. The Kier molecular flexibility index (Phi) is 6.91. The summed E-state index contributed by atoms with van der Waals surface area (Å²) in [6, 6.07) is 15.3. The van der Waals surface area contributed by atoms with E-state index >= 15 is 0 Å². The summed E-state index contributed by atoms with van der Waals surface area (Å²) < 4.78 is 4.96. The van der Waals surface area contributed by atoms with Crippen LogP contribution < -0.4 is 15.8 Å². The van der Waals surface area contributed by atoms with E-state index in [0.29, 0.717) is 12.8 Å². The number of hydrogen-bond acceptors (Lipinski definition) is 4. The van der Waals surface area contributed by atoms with Crippen molar-refractivity contribution in [3.05, 3.63) is 65.7 Å². The van der Waals surface area contributed by atoms with Crippen LogP contribution in [-0.4, -0.2) is 23.8 Å². The maximum Gasteiger partial charge on any atom is 0.308 e. The largest absolute Gasteiger partial charge is 0.427 e. The highest BCUT2D eigenvalue weighted by Gasteiger charge is 2.19. The first kappa shape index (κ1) is 19.2. The number of amides is 2. The van der Waals surface area contributed by atoms with Crippen LogP contribution in [0.4, 0.5) is 0 Å². The first-order valence-corrected chi connectivity index (χ1v) is 8.38. The van der Waals surface area contributed by atoms with Crippen LogP contribution in [0.15, 0.2) is 54.6 Å². The molecule has 0 unspecified atom stereocenters. The number of carbonyl (C=O) groups is 3. The van der Waals surface area contributed by atoms with Crippen LogP contribution in [0.3, 0.4) is 0 Å². The van der Waals surface area contributed by atoms with Crippen molar-refractivity contribution in [2.45, 2.75) is 32.2 Å². The molecule has 0 heterocycles. The number of nitrogens with one attached hydrogen (secondary N) is 1. The molecule has 3 N–H and O–H groups in total. The zero-order valence-corrected chi connectivity index (χ0v) is 14.6. The van der Waals surface area contributed by atoms with Gasteiger partial charge in [-0.05, 0) is 43.0 Å². The van der Waals surface area contributed by atoms with Crippen LogP contribution in [0.2, 0.25) is 0 Å². The maximum atomic E-state index is 12.4. The zero-order chi connectivity index (χ0) is 18.9. The minimum atomic E-state index is -0.761. The maximum absolute atomic E-state index is 12.4. The molecule has 0 aliphatic heterocycles. The van der Waals surface area contributed by atoms with E-state index in [9.17, 15) is 14.4 Å². The van der Waals surface area contributed by atoms with Gasteiger partial charge in [0.1, 0.15) is 11.8 Å². The lowest BCUT2D eigenvalue weighted by Crippen LogP contribution is -2.44. The SMILES string of the molecule is CC(=O)Oc1cccc(C(=O)N[C@@H](CCCc2ccccc2)C(N)=O)c1.